The number of nitro benzene ring substituents is 1. The molecule has 148 valence electrons. The lowest BCUT2D eigenvalue weighted by atomic mass is 10.0. The highest BCUT2D eigenvalue weighted by molar-refractivity contribution is 6.07. The fourth-order valence-electron chi connectivity index (χ4n) is 3.51. The Morgan fingerprint density at radius 3 is 2.83 bits per heavy atom. The molecule has 0 atom stereocenters. The number of fused-ring (bicyclic) bond motifs is 1. The molecule has 0 amide bonds. The highest BCUT2D eigenvalue weighted by Crippen LogP contribution is 2.33. The van der Waals surface area contributed by atoms with Crippen molar-refractivity contribution in [2.75, 3.05) is 11.4 Å². The van der Waals surface area contributed by atoms with Gasteiger partial charge in [-0.05, 0) is 24.1 Å². The second kappa shape index (κ2) is 7.42. The number of aryl methyl sites for hydroxylation is 2. The van der Waals surface area contributed by atoms with Crippen LogP contribution in [-0.2, 0) is 26.4 Å². The summed E-state index contributed by atoms with van der Waals surface area (Å²) in [6.07, 6.45) is 6.48. The Labute approximate surface area is 167 Å². The minimum atomic E-state index is -0.447. The van der Waals surface area contributed by atoms with Crippen LogP contribution in [0.15, 0.2) is 36.8 Å². The van der Waals surface area contributed by atoms with Crippen LogP contribution in [0.2, 0.25) is 0 Å². The normalized spacial score (nSPS) is 13.2. The summed E-state index contributed by atoms with van der Waals surface area (Å²) < 4.78 is 1.59. The van der Waals surface area contributed by atoms with Crippen molar-refractivity contribution in [2.45, 2.75) is 26.3 Å². The molecule has 1 aliphatic rings. The largest absolute Gasteiger partial charge is 0.360 e. The summed E-state index contributed by atoms with van der Waals surface area (Å²) in [6.45, 7) is 3.08. The van der Waals surface area contributed by atoms with Crippen LogP contribution in [0, 0.1) is 10.1 Å². The average molecular weight is 392 g/mol. The molecule has 0 spiro atoms. The summed E-state index contributed by atoms with van der Waals surface area (Å²) in [6, 6.07) is 4.59. The lowest BCUT2D eigenvalue weighted by Crippen LogP contribution is -2.32. The Bertz CT molecular complexity index is 1110. The fraction of sp³-hybridized carbons (Fsp3) is 0.300. The van der Waals surface area contributed by atoms with Crippen LogP contribution in [0.1, 0.15) is 40.2 Å². The van der Waals surface area contributed by atoms with Crippen LogP contribution >= 0.6 is 0 Å². The first-order valence-electron chi connectivity index (χ1n) is 9.37. The van der Waals surface area contributed by atoms with Crippen LogP contribution < -0.4 is 4.90 Å². The topological polar surface area (TPSA) is 107 Å². The predicted octanol–water partition coefficient (Wildman–Crippen LogP) is 2.47. The first-order valence-corrected chi connectivity index (χ1v) is 9.37. The molecule has 2 aromatic heterocycles. The van der Waals surface area contributed by atoms with E-state index in [1.54, 1.807) is 29.9 Å². The number of anilines is 1. The van der Waals surface area contributed by atoms with Gasteiger partial charge in [0.1, 0.15) is 11.5 Å². The number of imidazole rings is 1. The van der Waals surface area contributed by atoms with Gasteiger partial charge < -0.3 is 9.47 Å². The van der Waals surface area contributed by atoms with Crippen LogP contribution in [0.5, 0.6) is 0 Å². The van der Waals surface area contributed by atoms with Crippen LogP contribution in [0.4, 0.5) is 11.4 Å². The van der Waals surface area contributed by atoms with E-state index in [0.29, 0.717) is 25.2 Å². The van der Waals surface area contributed by atoms with E-state index in [1.165, 1.54) is 12.3 Å². The predicted molar refractivity (Wildman–Crippen MR) is 106 cm³/mol. The molecule has 1 aliphatic heterocycles. The number of carbonyl (C=O) groups excluding carboxylic acids is 1. The van der Waals surface area contributed by atoms with E-state index in [-0.39, 0.29) is 22.9 Å². The van der Waals surface area contributed by atoms with Crippen molar-refractivity contribution < 1.29 is 9.72 Å². The monoisotopic (exact) mass is 392 g/mol. The summed E-state index contributed by atoms with van der Waals surface area (Å²) >= 11 is 0. The fourth-order valence-corrected chi connectivity index (χ4v) is 3.51. The van der Waals surface area contributed by atoms with E-state index >= 15 is 0 Å². The van der Waals surface area contributed by atoms with Crippen molar-refractivity contribution in [3.63, 3.8) is 0 Å². The molecule has 0 N–H and O–H groups in total. The maximum Gasteiger partial charge on any atom is 0.293 e. The van der Waals surface area contributed by atoms with Crippen molar-refractivity contribution in [1.82, 2.24) is 19.5 Å². The Kier molecular flexibility index (Phi) is 4.79. The third-order valence-electron chi connectivity index (χ3n) is 5.11. The molecule has 0 saturated heterocycles. The van der Waals surface area contributed by atoms with E-state index in [0.717, 1.165) is 23.5 Å². The number of ketones is 1. The van der Waals surface area contributed by atoms with Gasteiger partial charge >= 0.3 is 0 Å². The number of hydrogen-bond acceptors (Lipinski definition) is 7. The molecule has 0 unspecified atom stereocenters. The van der Waals surface area contributed by atoms with E-state index in [2.05, 4.69) is 15.0 Å². The summed E-state index contributed by atoms with van der Waals surface area (Å²) in [5.41, 5.74) is 2.59. The van der Waals surface area contributed by atoms with Gasteiger partial charge in [-0.1, -0.05) is 6.92 Å². The second-order valence-electron chi connectivity index (χ2n) is 6.93. The quantitative estimate of drug-likeness (QED) is 0.373. The standard InChI is InChI=1S/C20H20N6O3/c1-3-18-22-11-14-6-8-25(12-15(14)23-18)16-5-4-13(10-17(16)26(28)29)19(27)20-21-7-9-24(20)2/h4-5,7,9-11H,3,6,8,12H2,1-2H3. The van der Waals surface area contributed by atoms with Crippen LogP contribution in [0.25, 0.3) is 0 Å². The molecular weight excluding hydrogens is 372 g/mol. The zero-order valence-electron chi connectivity index (χ0n) is 16.2. The van der Waals surface area contributed by atoms with Crippen molar-refractivity contribution in [3.05, 3.63) is 75.4 Å². The zero-order chi connectivity index (χ0) is 20.5. The first kappa shape index (κ1) is 18.7. The summed E-state index contributed by atoms with van der Waals surface area (Å²) in [5, 5.41) is 11.8. The van der Waals surface area contributed by atoms with Crippen LogP contribution in [0.3, 0.4) is 0 Å². The van der Waals surface area contributed by atoms with Gasteiger partial charge in [0.25, 0.3) is 5.69 Å². The van der Waals surface area contributed by atoms with Crippen molar-refractivity contribution in [3.8, 4) is 0 Å². The molecule has 0 fully saturated rings. The molecular formula is C20H20N6O3. The minimum Gasteiger partial charge on any atom is -0.360 e. The number of aromatic nitrogens is 4. The first-order chi connectivity index (χ1) is 14.0. The smallest absolute Gasteiger partial charge is 0.293 e. The third-order valence-corrected chi connectivity index (χ3v) is 5.11. The summed E-state index contributed by atoms with van der Waals surface area (Å²) in [7, 11) is 1.71. The highest BCUT2D eigenvalue weighted by Gasteiger charge is 2.26. The maximum absolute atomic E-state index is 12.7. The molecule has 3 heterocycles. The minimum absolute atomic E-state index is 0.0988. The van der Waals surface area contributed by atoms with Crippen molar-refractivity contribution >= 4 is 17.2 Å². The molecule has 9 nitrogen and oxygen atoms in total. The van der Waals surface area contributed by atoms with E-state index < -0.39 is 4.92 Å². The van der Waals surface area contributed by atoms with Gasteiger partial charge in [0.05, 0.1) is 17.2 Å². The van der Waals surface area contributed by atoms with E-state index in [9.17, 15) is 14.9 Å². The Morgan fingerprint density at radius 1 is 1.31 bits per heavy atom. The Balaban J connectivity index is 1.68. The highest BCUT2D eigenvalue weighted by atomic mass is 16.6. The van der Waals surface area contributed by atoms with Crippen molar-refractivity contribution in [1.29, 1.82) is 0 Å². The SMILES string of the molecule is CCc1ncc2c(n1)CN(c1ccc(C(=O)c3nccn3C)cc1[N+](=O)[O-])CC2. The van der Waals surface area contributed by atoms with Gasteiger partial charge in [-0.2, -0.15) is 0 Å². The summed E-state index contributed by atoms with van der Waals surface area (Å²) in [5.74, 6) is 0.648. The van der Waals surface area contributed by atoms with Gasteiger partial charge in [0, 0.05) is 50.2 Å². The molecule has 9 heteroatoms. The molecule has 0 bridgehead atoms. The van der Waals surface area contributed by atoms with E-state index in [4.69, 9.17) is 0 Å². The van der Waals surface area contributed by atoms with Gasteiger partial charge in [0.15, 0.2) is 5.82 Å². The number of nitro groups is 1. The maximum atomic E-state index is 12.7. The molecule has 4 rings (SSSR count). The lowest BCUT2D eigenvalue weighted by Gasteiger charge is -2.29. The Morgan fingerprint density at radius 2 is 2.14 bits per heavy atom. The zero-order valence-corrected chi connectivity index (χ0v) is 16.2. The number of hydrogen-bond donors (Lipinski definition) is 0. The lowest BCUT2D eigenvalue weighted by molar-refractivity contribution is -0.384. The number of benzene rings is 1. The van der Waals surface area contributed by atoms with E-state index in [1.807, 2.05) is 18.0 Å². The second-order valence-corrected chi connectivity index (χ2v) is 6.93. The van der Waals surface area contributed by atoms with Crippen molar-refractivity contribution in [2.24, 2.45) is 7.05 Å². The molecule has 0 aliphatic carbocycles. The third kappa shape index (κ3) is 3.46. The van der Waals surface area contributed by atoms with Gasteiger partial charge in [-0.25, -0.2) is 15.0 Å². The molecule has 0 saturated carbocycles. The summed E-state index contributed by atoms with van der Waals surface area (Å²) in [4.78, 5) is 38.9. The molecule has 1 aromatic carbocycles. The number of carbonyl (C=O) groups is 1. The van der Waals surface area contributed by atoms with Gasteiger partial charge in [0.2, 0.25) is 5.78 Å². The number of nitrogens with zero attached hydrogens (tertiary/aromatic N) is 6. The molecule has 3 aromatic rings. The average Bonchev–Trinajstić information content (AvgIpc) is 3.17. The van der Waals surface area contributed by atoms with Gasteiger partial charge in [-0.15, -0.1) is 0 Å². The number of rotatable bonds is 5. The van der Waals surface area contributed by atoms with Gasteiger partial charge in [-0.3, -0.25) is 14.9 Å². The molecule has 0 radical (unpaired) electrons. The van der Waals surface area contributed by atoms with Crippen LogP contribution in [-0.4, -0.2) is 36.8 Å². The Hall–Kier alpha value is -3.62. The molecule has 29 heavy (non-hydrogen) atoms.